The molecule has 122 valence electrons. The molecule has 24 heavy (non-hydrogen) atoms. The first-order chi connectivity index (χ1) is 11.7. The molecule has 0 saturated carbocycles. The maximum Gasteiger partial charge on any atom is 0.255 e. The van der Waals surface area contributed by atoms with Crippen LogP contribution >= 0.6 is 0 Å². The van der Waals surface area contributed by atoms with Crippen LogP contribution in [0.15, 0.2) is 54.6 Å². The summed E-state index contributed by atoms with van der Waals surface area (Å²) in [4.78, 5) is 27.3. The van der Waals surface area contributed by atoms with Gasteiger partial charge < -0.3 is 0 Å². The van der Waals surface area contributed by atoms with Crippen LogP contribution < -0.4 is 0 Å². The number of fused-ring (bicyclic) bond motifs is 2. The lowest BCUT2D eigenvalue weighted by molar-refractivity contribution is -0.164. The van der Waals surface area contributed by atoms with Crippen molar-refractivity contribution in [2.75, 3.05) is 13.1 Å². The minimum atomic E-state index is -0.0220. The first-order valence-corrected chi connectivity index (χ1v) is 8.14. The number of carbonyl (C=O) groups is 2. The molecule has 2 heterocycles. The third kappa shape index (κ3) is 2.78. The molecule has 0 atom stereocenters. The molecule has 0 radical (unpaired) electrons. The minimum absolute atomic E-state index is 0.0220. The van der Waals surface area contributed by atoms with E-state index in [4.69, 9.17) is 0 Å². The maximum absolute atomic E-state index is 12.7. The number of rotatable bonds is 2. The summed E-state index contributed by atoms with van der Waals surface area (Å²) >= 11 is 0. The number of hydrogen-bond acceptors (Lipinski definition) is 3. The average Bonchev–Trinajstić information content (AvgIpc) is 2.71. The van der Waals surface area contributed by atoms with Crippen LogP contribution in [-0.4, -0.2) is 39.8 Å². The zero-order valence-corrected chi connectivity index (χ0v) is 13.4. The molecule has 0 aliphatic carbocycles. The number of benzene rings is 2. The number of carbonyl (C=O) groups excluding carboxylic acids is 2. The predicted molar refractivity (Wildman–Crippen MR) is 89.3 cm³/mol. The van der Waals surface area contributed by atoms with Gasteiger partial charge in [-0.3, -0.25) is 14.5 Å². The van der Waals surface area contributed by atoms with Gasteiger partial charge in [-0.1, -0.05) is 54.6 Å². The molecule has 1 saturated heterocycles. The van der Waals surface area contributed by atoms with E-state index in [-0.39, 0.29) is 24.9 Å². The lowest BCUT2D eigenvalue weighted by Crippen LogP contribution is -2.50. The Morgan fingerprint density at radius 1 is 0.667 bits per heavy atom. The Bertz CT molecular complexity index is 730. The Balaban J connectivity index is 1.57. The molecule has 0 bridgehead atoms. The monoisotopic (exact) mass is 321 g/mol. The highest BCUT2D eigenvalue weighted by Crippen LogP contribution is 2.24. The molecule has 5 heteroatoms. The molecule has 2 aliphatic rings. The average molecular weight is 321 g/mol. The van der Waals surface area contributed by atoms with Crippen LogP contribution in [0.2, 0.25) is 0 Å². The number of hydrogen-bond donors (Lipinski definition) is 0. The molecule has 1 fully saturated rings. The second-order valence-corrected chi connectivity index (χ2v) is 6.30. The highest BCUT2D eigenvalue weighted by Gasteiger charge is 2.35. The standard InChI is InChI=1S/C19H19N3O2/c23-18-13-20(10-15-6-2-1-3-7-15)14-19(24)22-12-17-9-5-4-8-16(17)11-21(18)22/h1-9H,10-14H2. The van der Waals surface area contributed by atoms with Crippen molar-refractivity contribution in [1.82, 2.24) is 14.9 Å². The van der Waals surface area contributed by atoms with Crippen molar-refractivity contribution in [2.24, 2.45) is 0 Å². The highest BCUT2D eigenvalue weighted by molar-refractivity contribution is 5.87. The lowest BCUT2D eigenvalue weighted by atomic mass is 10.1. The van der Waals surface area contributed by atoms with Gasteiger partial charge in [0.25, 0.3) is 11.8 Å². The number of hydrazine groups is 1. The Kier molecular flexibility index (Phi) is 3.78. The molecule has 2 aliphatic heterocycles. The maximum atomic E-state index is 12.7. The van der Waals surface area contributed by atoms with Crippen molar-refractivity contribution in [1.29, 1.82) is 0 Å². The molecular weight excluding hydrogens is 302 g/mol. The largest absolute Gasteiger partial charge is 0.281 e. The topological polar surface area (TPSA) is 43.9 Å². The number of amides is 2. The van der Waals surface area contributed by atoms with Gasteiger partial charge in [-0.15, -0.1) is 0 Å². The summed E-state index contributed by atoms with van der Waals surface area (Å²) in [6, 6.07) is 17.9. The fourth-order valence-electron chi connectivity index (χ4n) is 3.36. The summed E-state index contributed by atoms with van der Waals surface area (Å²) in [5, 5.41) is 3.21. The Morgan fingerprint density at radius 2 is 1.17 bits per heavy atom. The van der Waals surface area contributed by atoms with Crippen molar-refractivity contribution in [3.8, 4) is 0 Å². The normalized spacial score (nSPS) is 18.2. The quantitative estimate of drug-likeness (QED) is 0.847. The molecule has 2 amide bonds. The fraction of sp³-hybridized carbons (Fsp3) is 0.263. The summed E-state index contributed by atoms with van der Waals surface area (Å²) in [6.45, 7) is 2.07. The molecule has 2 aromatic rings. The van der Waals surface area contributed by atoms with E-state index >= 15 is 0 Å². The van der Waals surface area contributed by atoms with Crippen LogP contribution in [0.4, 0.5) is 0 Å². The van der Waals surface area contributed by atoms with Gasteiger partial charge in [0, 0.05) is 6.54 Å². The number of nitrogens with zero attached hydrogens (tertiary/aromatic N) is 3. The van der Waals surface area contributed by atoms with Crippen LogP contribution in [0.1, 0.15) is 16.7 Å². The summed E-state index contributed by atoms with van der Waals surface area (Å²) in [7, 11) is 0. The molecule has 4 rings (SSSR count). The summed E-state index contributed by atoms with van der Waals surface area (Å²) in [5.74, 6) is -0.0439. The lowest BCUT2D eigenvalue weighted by Gasteiger charge is -2.37. The Morgan fingerprint density at radius 3 is 1.71 bits per heavy atom. The van der Waals surface area contributed by atoms with Gasteiger partial charge in [-0.25, -0.2) is 10.0 Å². The van der Waals surface area contributed by atoms with Gasteiger partial charge in [0.05, 0.1) is 26.2 Å². The van der Waals surface area contributed by atoms with Crippen LogP contribution in [0.3, 0.4) is 0 Å². The molecule has 0 N–H and O–H groups in total. The van der Waals surface area contributed by atoms with Gasteiger partial charge in [-0.05, 0) is 16.7 Å². The first-order valence-electron chi connectivity index (χ1n) is 8.14. The van der Waals surface area contributed by atoms with Crippen LogP contribution in [-0.2, 0) is 29.2 Å². The molecular formula is C19H19N3O2. The van der Waals surface area contributed by atoms with Crippen molar-refractivity contribution in [3.63, 3.8) is 0 Å². The summed E-state index contributed by atoms with van der Waals surface area (Å²) < 4.78 is 0. The second-order valence-electron chi connectivity index (χ2n) is 6.30. The summed E-state index contributed by atoms with van der Waals surface area (Å²) in [5.41, 5.74) is 3.34. The van der Waals surface area contributed by atoms with Gasteiger partial charge in [-0.2, -0.15) is 0 Å². The highest BCUT2D eigenvalue weighted by atomic mass is 16.2. The van der Waals surface area contributed by atoms with Crippen molar-refractivity contribution < 1.29 is 9.59 Å². The van der Waals surface area contributed by atoms with Gasteiger partial charge in [0.15, 0.2) is 0 Å². The Labute approximate surface area is 141 Å². The molecule has 0 unspecified atom stereocenters. The van der Waals surface area contributed by atoms with Crippen LogP contribution in [0.25, 0.3) is 0 Å². The van der Waals surface area contributed by atoms with Crippen molar-refractivity contribution >= 4 is 11.8 Å². The minimum Gasteiger partial charge on any atom is -0.281 e. The Hall–Kier alpha value is -2.66. The second kappa shape index (κ2) is 6.09. The molecule has 2 aromatic carbocycles. The molecule has 0 spiro atoms. The van der Waals surface area contributed by atoms with E-state index in [0.29, 0.717) is 19.6 Å². The van der Waals surface area contributed by atoms with E-state index in [9.17, 15) is 9.59 Å². The molecule has 0 aromatic heterocycles. The van der Waals surface area contributed by atoms with E-state index in [1.54, 1.807) is 10.0 Å². The SMILES string of the molecule is O=C1CN(Cc2ccccc2)CC(=O)N2Cc3ccccc3CN12. The molecule has 5 nitrogen and oxygen atoms in total. The van der Waals surface area contributed by atoms with Crippen molar-refractivity contribution in [2.45, 2.75) is 19.6 Å². The van der Waals surface area contributed by atoms with E-state index in [2.05, 4.69) is 0 Å². The van der Waals surface area contributed by atoms with Gasteiger partial charge in [0.1, 0.15) is 0 Å². The van der Waals surface area contributed by atoms with E-state index < -0.39 is 0 Å². The van der Waals surface area contributed by atoms with E-state index in [1.807, 2.05) is 59.5 Å². The predicted octanol–water partition coefficient (Wildman–Crippen LogP) is 1.79. The van der Waals surface area contributed by atoms with Gasteiger partial charge >= 0.3 is 0 Å². The van der Waals surface area contributed by atoms with Crippen molar-refractivity contribution in [3.05, 3.63) is 71.3 Å². The third-order valence-corrected chi connectivity index (χ3v) is 4.59. The van der Waals surface area contributed by atoms with E-state index in [0.717, 1.165) is 16.7 Å². The van der Waals surface area contributed by atoms with Gasteiger partial charge in [0.2, 0.25) is 0 Å². The van der Waals surface area contributed by atoms with Crippen LogP contribution in [0.5, 0.6) is 0 Å². The van der Waals surface area contributed by atoms with Crippen LogP contribution in [0, 0.1) is 0 Å². The van der Waals surface area contributed by atoms with E-state index in [1.165, 1.54) is 0 Å². The zero-order chi connectivity index (χ0) is 16.5. The smallest absolute Gasteiger partial charge is 0.255 e. The fourth-order valence-corrected chi connectivity index (χ4v) is 3.36. The summed E-state index contributed by atoms with van der Waals surface area (Å²) in [6.07, 6.45) is 0. The third-order valence-electron chi connectivity index (χ3n) is 4.59. The zero-order valence-electron chi connectivity index (χ0n) is 13.4. The first kappa shape index (κ1) is 14.9.